The van der Waals surface area contributed by atoms with E-state index in [4.69, 9.17) is 9.47 Å². The summed E-state index contributed by atoms with van der Waals surface area (Å²) in [6, 6.07) is 82.2. The van der Waals surface area contributed by atoms with Crippen LogP contribution in [0.25, 0.3) is 90.7 Å². The Kier molecular flexibility index (Phi) is 12.3. The first-order chi connectivity index (χ1) is 34.6. The minimum atomic E-state index is 0.833. The van der Waals surface area contributed by atoms with Gasteiger partial charge in [-0.2, -0.15) is 0 Å². The number of hydrogen-bond acceptors (Lipinski definition) is 2. The predicted octanol–water partition coefficient (Wildman–Crippen LogP) is 17.8. The molecule has 0 unspecified atom stereocenters. The van der Waals surface area contributed by atoms with Crippen molar-refractivity contribution in [3.8, 4) is 11.5 Å². The molecule has 11 rings (SSSR count). The van der Waals surface area contributed by atoms with Gasteiger partial charge in [-0.3, -0.25) is 0 Å². The molecule has 0 atom stereocenters. The molecule has 0 aliphatic rings. The second-order valence-corrected chi connectivity index (χ2v) is 17.5. The molecule has 0 radical (unpaired) electrons. The zero-order valence-electron chi connectivity index (χ0n) is 39.2. The zero-order valence-corrected chi connectivity index (χ0v) is 39.2. The lowest BCUT2D eigenvalue weighted by Gasteiger charge is -2.14. The van der Waals surface area contributed by atoms with E-state index in [1.807, 2.05) is 24.3 Å². The van der Waals surface area contributed by atoms with Crippen molar-refractivity contribution in [2.45, 2.75) is 0 Å². The van der Waals surface area contributed by atoms with Crippen LogP contribution in [0.2, 0.25) is 0 Å². The number of ether oxygens (including phenoxy) is 2. The van der Waals surface area contributed by atoms with Crippen molar-refractivity contribution in [2.75, 3.05) is 14.2 Å². The molecule has 0 heterocycles. The van der Waals surface area contributed by atoms with Gasteiger partial charge in [-0.05, 0) is 158 Å². The first kappa shape index (κ1) is 43.6. The maximum atomic E-state index is 5.55. The third-order valence-electron chi connectivity index (χ3n) is 13.4. The summed E-state index contributed by atoms with van der Waals surface area (Å²) in [6.07, 6.45) is 13.8. The molecular formula is C68H50O2. The molecule has 0 amide bonds. The highest BCUT2D eigenvalue weighted by Crippen LogP contribution is 2.38. The summed E-state index contributed by atoms with van der Waals surface area (Å²) in [5, 5.41) is 9.66. The Morgan fingerprint density at radius 2 is 0.600 bits per heavy atom. The Balaban J connectivity index is 0.996. The third-order valence-corrected chi connectivity index (χ3v) is 13.4. The van der Waals surface area contributed by atoms with Gasteiger partial charge < -0.3 is 9.47 Å². The van der Waals surface area contributed by atoms with Crippen LogP contribution in [0, 0.1) is 0 Å². The summed E-state index contributed by atoms with van der Waals surface area (Å²) >= 11 is 0. The molecule has 11 aromatic carbocycles. The molecule has 0 fully saturated rings. The van der Waals surface area contributed by atoms with Gasteiger partial charge in [0.1, 0.15) is 11.5 Å². The zero-order chi connectivity index (χ0) is 47.2. The van der Waals surface area contributed by atoms with Crippen LogP contribution in [0.1, 0.15) is 55.6 Å². The second-order valence-electron chi connectivity index (χ2n) is 17.5. The second kappa shape index (κ2) is 19.7. The molecule has 70 heavy (non-hydrogen) atoms. The highest BCUT2D eigenvalue weighted by atomic mass is 16.5. The van der Waals surface area contributed by atoms with Gasteiger partial charge >= 0.3 is 0 Å². The summed E-state index contributed by atoms with van der Waals surface area (Å²) < 4.78 is 11.1. The largest absolute Gasteiger partial charge is 0.497 e. The van der Waals surface area contributed by atoms with Gasteiger partial charge in [-0.1, -0.05) is 218 Å². The lowest BCUT2D eigenvalue weighted by Crippen LogP contribution is -1.92. The fraction of sp³-hybridized carbons (Fsp3) is 0.0294. The van der Waals surface area contributed by atoms with Crippen molar-refractivity contribution in [1.82, 2.24) is 0 Å². The highest BCUT2D eigenvalue weighted by Gasteiger charge is 2.14. The lowest BCUT2D eigenvalue weighted by atomic mass is 9.90. The highest BCUT2D eigenvalue weighted by molar-refractivity contribution is 6.14. The fourth-order valence-electron chi connectivity index (χ4n) is 9.72. The van der Waals surface area contributed by atoms with Gasteiger partial charge in [0.2, 0.25) is 0 Å². The summed E-state index contributed by atoms with van der Waals surface area (Å²) in [4.78, 5) is 0. The summed E-state index contributed by atoms with van der Waals surface area (Å²) in [5.74, 6) is 1.67. The summed E-state index contributed by atoms with van der Waals surface area (Å²) in [5.41, 5.74) is 13.8. The van der Waals surface area contributed by atoms with Crippen LogP contribution in [-0.2, 0) is 0 Å². The maximum Gasteiger partial charge on any atom is 0.118 e. The molecule has 0 bridgehead atoms. The van der Waals surface area contributed by atoms with E-state index in [-0.39, 0.29) is 0 Å². The van der Waals surface area contributed by atoms with Crippen LogP contribution < -0.4 is 9.47 Å². The molecule has 0 saturated heterocycles. The van der Waals surface area contributed by atoms with Crippen molar-refractivity contribution in [3.05, 3.63) is 286 Å². The average Bonchev–Trinajstić information content (AvgIpc) is 3.43. The number of benzene rings is 11. The van der Waals surface area contributed by atoms with Crippen molar-refractivity contribution in [1.29, 1.82) is 0 Å². The van der Waals surface area contributed by atoms with Crippen LogP contribution in [0.4, 0.5) is 0 Å². The van der Waals surface area contributed by atoms with E-state index in [0.717, 1.165) is 67.2 Å². The SMILES string of the molecule is COc1ccc(C(=Cc2ccccc2C=Cc2c3ccccc3c(C=Cc3ccccc3C=C(c3ccc(OC)cc3)c3ccc4ccccc4c3)c3ccccc23)c2ccc3ccccc3c2)cc1. The van der Waals surface area contributed by atoms with Crippen molar-refractivity contribution < 1.29 is 9.47 Å². The Hall–Kier alpha value is -8.98. The summed E-state index contributed by atoms with van der Waals surface area (Å²) in [7, 11) is 3.42. The number of hydrogen-bond donors (Lipinski definition) is 0. The quantitative estimate of drug-likeness (QED) is 0.0898. The topological polar surface area (TPSA) is 18.5 Å². The van der Waals surface area contributed by atoms with E-state index in [1.165, 1.54) is 54.2 Å². The van der Waals surface area contributed by atoms with E-state index in [9.17, 15) is 0 Å². The molecule has 0 aliphatic carbocycles. The molecule has 334 valence electrons. The van der Waals surface area contributed by atoms with Gasteiger partial charge in [-0.15, -0.1) is 0 Å². The fourth-order valence-corrected chi connectivity index (χ4v) is 9.72. The van der Waals surface area contributed by atoms with Crippen LogP contribution in [0.5, 0.6) is 11.5 Å². The number of fused-ring (bicyclic) bond motifs is 4. The molecule has 0 spiro atoms. The van der Waals surface area contributed by atoms with Gasteiger partial charge in [0.25, 0.3) is 0 Å². The standard InChI is InChI=1S/C68H50O2/c1-69-59-37-31-51(32-38-59)67(57-29-27-47-15-3-7-19-53(47)43-57)45-55-21-9-5-17-49(55)35-41-65-61-23-11-13-25-63(61)66(64-26-14-12-24-62(64)65)42-36-50-18-6-10-22-56(50)46-68(52-33-39-60(70-2)40-34-52)58-30-28-48-16-4-8-20-54(48)44-58/h3-46H,1-2H3. The first-order valence-electron chi connectivity index (χ1n) is 23.8. The van der Waals surface area contributed by atoms with E-state index in [1.54, 1.807) is 14.2 Å². The summed E-state index contributed by atoms with van der Waals surface area (Å²) in [6.45, 7) is 0. The lowest BCUT2D eigenvalue weighted by molar-refractivity contribution is 0.414. The number of rotatable bonds is 12. The molecule has 2 heteroatoms. The van der Waals surface area contributed by atoms with E-state index >= 15 is 0 Å². The van der Waals surface area contributed by atoms with Crippen LogP contribution in [0.3, 0.4) is 0 Å². The van der Waals surface area contributed by atoms with Crippen LogP contribution in [0.15, 0.2) is 231 Å². The molecular weight excluding hydrogens is 849 g/mol. The molecule has 0 N–H and O–H groups in total. The van der Waals surface area contributed by atoms with Crippen LogP contribution in [-0.4, -0.2) is 14.2 Å². The monoisotopic (exact) mass is 898 g/mol. The Labute approximate surface area is 410 Å². The molecule has 0 aliphatic heterocycles. The van der Waals surface area contributed by atoms with Gasteiger partial charge in [0.05, 0.1) is 14.2 Å². The molecule has 11 aromatic rings. The predicted molar refractivity (Wildman–Crippen MR) is 300 cm³/mol. The Morgan fingerprint density at radius 1 is 0.286 bits per heavy atom. The average molecular weight is 899 g/mol. The Bertz CT molecular complexity index is 3520. The minimum Gasteiger partial charge on any atom is -0.497 e. The van der Waals surface area contributed by atoms with E-state index < -0.39 is 0 Å². The van der Waals surface area contributed by atoms with Crippen molar-refractivity contribution in [3.63, 3.8) is 0 Å². The van der Waals surface area contributed by atoms with Crippen molar-refractivity contribution >= 4 is 90.7 Å². The van der Waals surface area contributed by atoms with E-state index in [2.05, 4.69) is 243 Å². The molecule has 0 saturated carbocycles. The number of methoxy groups -OCH3 is 2. The normalized spacial score (nSPS) is 12.2. The van der Waals surface area contributed by atoms with E-state index in [0.29, 0.717) is 0 Å². The maximum absolute atomic E-state index is 5.55. The first-order valence-corrected chi connectivity index (χ1v) is 23.8. The Morgan fingerprint density at radius 3 is 0.971 bits per heavy atom. The minimum absolute atomic E-state index is 0.833. The smallest absolute Gasteiger partial charge is 0.118 e. The molecule has 2 nitrogen and oxygen atoms in total. The third kappa shape index (κ3) is 8.95. The molecule has 0 aromatic heterocycles. The van der Waals surface area contributed by atoms with Gasteiger partial charge in [0.15, 0.2) is 0 Å². The van der Waals surface area contributed by atoms with Gasteiger partial charge in [-0.25, -0.2) is 0 Å². The van der Waals surface area contributed by atoms with Crippen LogP contribution >= 0.6 is 0 Å². The van der Waals surface area contributed by atoms with Crippen molar-refractivity contribution in [2.24, 2.45) is 0 Å². The van der Waals surface area contributed by atoms with Gasteiger partial charge in [0, 0.05) is 0 Å².